The molecule has 1 aromatic rings. The van der Waals surface area contributed by atoms with Gasteiger partial charge in [-0.2, -0.15) is 0 Å². The van der Waals surface area contributed by atoms with Gasteiger partial charge in [0.15, 0.2) is 16.6 Å². The Morgan fingerprint density at radius 3 is 2.58 bits per heavy atom. The van der Waals surface area contributed by atoms with Crippen LogP contribution in [0.2, 0.25) is 0 Å². The lowest BCUT2D eigenvalue weighted by Crippen LogP contribution is -2.53. The Balaban J connectivity index is 2.46. The third-order valence-electron chi connectivity index (χ3n) is 3.43. The quantitative estimate of drug-likeness (QED) is 0.306. The van der Waals surface area contributed by atoms with Crippen LogP contribution in [-0.4, -0.2) is 41.6 Å². The van der Waals surface area contributed by atoms with Crippen LogP contribution in [0.15, 0.2) is 34.8 Å². The Hall–Kier alpha value is -2.19. The average molecular weight is 439 g/mol. The lowest BCUT2D eigenvalue weighted by molar-refractivity contribution is -0.128. The Labute approximate surface area is 166 Å². The lowest BCUT2D eigenvalue weighted by atomic mass is 10.1. The fraction of sp³-hybridized carbons (Fsp3) is 0.278. The predicted octanol–water partition coefficient (Wildman–Crippen LogP) is 3.06. The molecule has 1 aromatic carbocycles. The van der Waals surface area contributed by atoms with Gasteiger partial charge in [-0.1, -0.05) is 6.08 Å². The van der Waals surface area contributed by atoms with Crippen molar-refractivity contribution >= 4 is 51.2 Å². The number of carbonyl (C=O) groups excluding carboxylic acids is 2. The maximum absolute atomic E-state index is 12.6. The van der Waals surface area contributed by atoms with Gasteiger partial charge in [-0.25, -0.2) is 0 Å². The molecule has 26 heavy (non-hydrogen) atoms. The molecule has 2 rings (SSSR count). The number of thiocarbonyl (C=S) groups is 1. The molecule has 8 heteroatoms. The SMILES string of the molecule is C=CCN1C(=O)/C(=C/c2cc(Br)c(OCC)c(OCC)c2)C(=O)NC1=S. The number of nitrogens with zero attached hydrogens (tertiary/aromatic N) is 1. The lowest BCUT2D eigenvalue weighted by Gasteiger charge is -2.27. The van der Waals surface area contributed by atoms with Crippen LogP contribution in [0.3, 0.4) is 0 Å². The molecule has 0 aromatic heterocycles. The average Bonchev–Trinajstić information content (AvgIpc) is 2.58. The van der Waals surface area contributed by atoms with Crippen LogP contribution in [0.4, 0.5) is 0 Å². The van der Waals surface area contributed by atoms with Crippen LogP contribution in [0, 0.1) is 0 Å². The van der Waals surface area contributed by atoms with E-state index >= 15 is 0 Å². The summed E-state index contributed by atoms with van der Waals surface area (Å²) in [5, 5.41) is 2.58. The minimum atomic E-state index is -0.539. The van der Waals surface area contributed by atoms with E-state index in [0.717, 1.165) is 0 Å². The molecule has 1 heterocycles. The predicted molar refractivity (Wildman–Crippen MR) is 107 cm³/mol. The van der Waals surface area contributed by atoms with Crippen LogP contribution in [0.25, 0.3) is 6.08 Å². The minimum absolute atomic E-state index is 0.0149. The monoisotopic (exact) mass is 438 g/mol. The number of halogens is 1. The summed E-state index contributed by atoms with van der Waals surface area (Å²) < 4.78 is 11.9. The standard InChI is InChI=1S/C18H19BrN2O4S/c1-4-7-21-17(23)12(16(22)20-18(21)26)8-11-9-13(19)15(25-6-3)14(10-11)24-5-2/h4,8-10H,1,5-7H2,2-3H3,(H,20,22,26)/b12-8+. The van der Waals surface area contributed by atoms with Crippen molar-refractivity contribution in [2.24, 2.45) is 0 Å². The number of amides is 2. The van der Waals surface area contributed by atoms with E-state index in [9.17, 15) is 9.59 Å². The third kappa shape index (κ3) is 4.31. The fourth-order valence-electron chi connectivity index (χ4n) is 2.37. The first-order valence-corrected chi connectivity index (χ1v) is 9.21. The van der Waals surface area contributed by atoms with Crippen molar-refractivity contribution in [3.63, 3.8) is 0 Å². The van der Waals surface area contributed by atoms with Gasteiger partial charge in [0.2, 0.25) is 0 Å². The van der Waals surface area contributed by atoms with E-state index in [1.807, 2.05) is 13.8 Å². The molecular weight excluding hydrogens is 420 g/mol. The molecule has 0 radical (unpaired) electrons. The van der Waals surface area contributed by atoms with E-state index in [-0.39, 0.29) is 17.2 Å². The molecule has 0 spiro atoms. The van der Waals surface area contributed by atoms with E-state index in [4.69, 9.17) is 21.7 Å². The highest BCUT2D eigenvalue weighted by Crippen LogP contribution is 2.37. The van der Waals surface area contributed by atoms with Crippen molar-refractivity contribution in [1.82, 2.24) is 10.2 Å². The summed E-state index contributed by atoms with van der Waals surface area (Å²) in [6.45, 7) is 8.48. The summed E-state index contributed by atoms with van der Waals surface area (Å²) in [6, 6.07) is 3.48. The van der Waals surface area contributed by atoms with E-state index in [0.29, 0.717) is 34.7 Å². The van der Waals surface area contributed by atoms with Gasteiger partial charge in [-0.3, -0.25) is 19.8 Å². The van der Waals surface area contributed by atoms with Crippen molar-refractivity contribution in [3.8, 4) is 11.5 Å². The molecule has 0 saturated carbocycles. The molecule has 0 atom stereocenters. The van der Waals surface area contributed by atoms with Crippen LogP contribution < -0.4 is 14.8 Å². The van der Waals surface area contributed by atoms with E-state index < -0.39 is 11.8 Å². The molecule has 1 saturated heterocycles. The van der Waals surface area contributed by atoms with Crippen molar-refractivity contribution in [2.75, 3.05) is 19.8 Å². The van der Waals surface area contributed by atoms with Gasteiger partial charge in [-0.15, -0.1) is 6.58 Å². The minimum Gasteiger partial charge on any atom is -0.490 e. The van der Waals surface area contributed by atoms with Gasteiger partial charge in [-0.05, 0) is 65.8 Å². The summed E-state index contributed by atoms with van der Waals surface area (Å²) in [5.41, 5.74) is 0.604. The molecule has 0 bridgehead atoms. The molecule has 138 valence electrons. The van der Waals surface area contributed by atoms with E-state index in [1.54, 1.807) is 18.2 Å². The Kier molecular flexibility index (Phi) is 6.93. The summed E-state index contributed by atoms with van der Waals surface area (Å²) >= 11 is 8.49. The number of benzene rings is 1. The number of hydrogen-bond acceptors (Lipinski definition) is 5. The second-order valence-corrected chi connectivity index (χ2v) is 6.46. The molecule has 0 aliphatic carbocycles. The molecule has 2 amide bonds. The van der Waals surface area contributed by atoms with E-state index in [1.165, 1.54) is 11.0 Å². The van der Waals surface area contributed by atoms with E-state index in [2.05, 4.69) is 27.8 Å². The normalized spacial score (nSPS) is 15.9. The number of hydrogen-bond donors (Lipinski definition) is 1. The van der Waals surface area contributed by atoms with Gasteiger partial charge in [0, 0.05) is 6.54 Å². The zero-order valence-electron chi connectivity index (χ0n) is 14.5. The Morgan fingerprint density at radius 2 is 1.96 bits per heavy atom. The highest BCUT2D eigenvalue weighted by Gasteiger charge is 2.32. The molecule has 6 nitrogen and oxygen atoms in total. The van der Waals surface area contributed by atoms with Crippen LogP contribution in [-0.2, 0) is 9.59 Å². The first kappa shape index (κ1) is 20.1. The van der Waals surface area contributed by atoms with Crippen molar-refractivity contribution in [2.45, 2.75) is 13.8 Å². The van der Waals surface area contributed by atoms with Crippen molar-refractivity contribution < 1.29 is 19.1 Å². The van der Waals surface area contributed by atoms with Crippen LogP contribution >= 0.6 is 28.1 Å². The molecule has 0 unspecified atom stereocenters. The second kappa shape index (κ2) is 8.95. The number of nitrogens with one attached hydrogen (secondary N) is 1. The molecule has 1 N–H and O–H groups in total. The highest BCUT2D eigenvalue weighted by molar-refractivity contribution is 9.10. The van der Waals surface area contributed by atoms with Crippen LogP contribution in [0.1, 0.15) is 19.4 Å². The summed E-state index contributed by atoms with van der Waals surface area (Å²) in [7, 11) is 0. The topological polar surface area (TPSA) is 67.9 Å². The second-order valence-electron chi connectivity index (χ2n) is 5.22. The maximum Gasteiger partial charge on any atom is 0.265 e. The highest BCUT2D eigenvalue weighted by atomic mass is 79.9. The first-order chi connectivity index (χ1) is 12.4. The fourth-order valence-corrected chi connectivity index (χ4v) is 3.20. The zero-order chi connectivity index (χ0) is 19.3. The Morgan fingerprint density at radius 1 is 1.27 bits per heavy atom. The molecule has 1 aliphatic rings. The number of ether oxygens (including phenoxy) is 2. The first-order valence-electron chi connectivity index (χ1n) is 8.01. The largest absolute Gasteiger partial charge is 0.490 e. The van der Waals surface area contributed by atoms with Crippen molar-refractivity contribution in [1.29, 1.82) is 0 Å². The molecular formula is C18H19BrN2O4S. The molecule has 1 aliphatic heterocycles. The number of carbonyl (C=O) groups is 2. The van der Waals surface area contributed by atoms with Gasteiger partial charge in [0.05, 0.1) is 17.7 Å². The smallest absolute Gasteiger partial charge is 0.265 e. The maximum atomic E-state index is 12.6. The van der Waals surface area contributed by atoms with Gasteiger partial charge >= 0.3 is 0 Å². The van der Waals surface area contributed by atoms with Gasteiger partial charge < -0.3 is 9.47 Å². The summed E-state index contributed by atoms with van der Waals surface area (Å²) in [4.78, 5) is 26.1. The van der Waals surface area contributed by atoms with Crippen LogP contribution in [0.5, 0.6) is 11.5 Å². The van der Waals surface area contributed by atoms with Crippen molar-refractivity contribution in [3.05, 3.63) is 40.4 Å². The Bertz CT molecular complexity index is 792. The van der Waals surface area contributed by atoms with Gasteiger partial charge in [0.25, 0.3) is 11.8 Å². The number of rotatable bonds is 7. The van der Waals surface area contributed by atoms with Gasteiger partial charge in [0.1, 0.15) is 5.57 Å². The summed E-state index contributed by atoms with van der Waals surface area (Å²) in [5.74, 6) is 0.0907. The summed E-state index contributed by atoms with van der Waals surface area (Å²) in [6.07, 6.45) is 3.04. The molecule has 1 fully saturated rings. The third-order valence-corrected chi connectivity index (χ3v) is 4.34. The zero-order valence-corrected chi connectivity index (χ0v) is 16.9.